The Balaban J connectivity index is 1.98. The number of nitrogens with one attached hydrogen (secondary N) is 1. The van der Waals surface area contributed by atoms with Crippen molar-refractivity contribution >= 4 is 15.9 Å². The summed E-state index contributed by atoms with van der Waals surface area (Å²) >= 11 is 3.38. The molecule has 1 fully saturated rings. The molecule has 1 saturated heterocycles. The molecule has 14 heavy (non-hydrogen) atoms. The molecule has 5 heteroatoms. The second kappa shape index (κ2) is 4.42. The van der Waals surface area contributed by atoms with Crippen LogP contribution in [0.25, 0.3) is 0 Å². The minimum absolute atomic E-state index is 0.921. The monoisotopic (exact) mass is 258 g/mol. The first-order chi connectivity index (χ1) is 6.75. The first kappa shape index (κ1) is 10.1. The molecule has 0 amide bonds. The Labute approximate surface area is 92.4 Å². The van der Waals surface area contributed by atoms with Gasteiger partial charge in [0.05, 0.1) is 5.69 Å². The summed E-state index contributed by atoms with van der Waals surface area (Å²) in [6.45, 7) is 5.44. The molecule has 0 spiro atoms. The molecule has 0 unspecified atom stereocenters. The minimum atomic E-state index is 0.921. The second-order valence-corrected chi connectivity index (χ2v) is 4.42. The van der Waals surface area contributed by atoms with Crippen LogP contribution >= 0.6 is 15.9 Å². The molecule has 2 heterocycles. The molecule has 0 aromatic carbocycles. The van der Waals surface area contributed by atoms with E-state index < -0.39 is 0 Å². The number of hydrogen-bond acceptors (Lipinski definition) is 3. The summed E-state index contributed by atoms with van der Waals surface area (Å²) in [5.41, 5.74) is 1.26. The third-order valence-electron chi connectivity index (χ3n) is 2.54. The fraction of sp³-hybridized carbons (Fsp3) is 0.667. The van der Waals surface area contributed by atoms with Crippen molar-refractivity contribution in [1.29, 1.82) is 0 Å². The summed E-state index contributed by atoms with van der Waals surface area (Å²) in [5.74, 6) is 0. The highest BCUT2D eigenvalue weighted by Crippen LogP contribution is 2.11. The van der Waals surface area contributed by atoms with Crippen LogP contribution in [-0.2, 0) is 13.6 Å². The van der Waals surface area contributed by atoms with Gasteiger partial charge in [0, 0.05) is 39.8 Å². The summed E-state index contributed by atoms with van der Waals surface area (Å²) in [6.07, 6.45) is 0. The van der Waals surface area contributed by atoms with E-state index in [0.717, 1.165) is 37.3 Å². The molecule has 1 aliphatic heterocycles. The van der Waals surface area contributed by atoms with Gasteiger partial charge in [-0.25, -0.2) is 0 Å². The highest BCUT2D eigenvalue weighted by atomic mass is 79.9. The molecular formula is C9H15BrN4. The Morgan fingerprint density at radius 3 is 2.79 bits per heavy atom. The van der Waals surface area contributed by atoms with Gasteiger partial charge < -0.3 is 5.32 Å². The van der Waals surface area contributed by atoms with Crippen LogP contribution < -0.4 is 5.32 Å². The Morgan fingerprint density at radius 2 is 2.21 bits per heavy atom. The Morgan fingerprint density at radius 1 is 1.50 bits per heavy atom. The first-order valence-corrected chi connectivity index (χ1v) is 5.66. The van der Waals surface area contributed by atoms with Gasteiger partial charge >= 0.3 is 0 Å². The van der Waals surface area contributed by atoms with Gasteiger partial charge in [-0.3, -0.25) is 9.58 Å². The van der Waals surface area contributed by atoms with Crippen molar-refractivity contribution in [3.63, 3.8) is 0 Å². The highest BCUT2D eigenvalue weighted by Gasteiger charge is 2.12. The normalized spacial score (nSPS) is 18.7. The summed E-state index contributed by atoms with van der Waals surface area (Å²) in [4.78, 5) is 2.44. The standard InChI is InChI=1S/C9H15BrN4/c1-13-8(6-9(10)12-13)7-14-4-2-11-3-5-14/h6,11H,2-5,7H2,1H3. The molecular weight excluding hydrogens is 244 g/mol. The SMILES string of the molecule is Cn1nc(Br)cc1CN1CCNCC1. The average Bonchev–Trinajstić information content (AvgIpc) is 2.47. The number of halogens is 1. The van der Waals surface area contributed by atoms with E-state index >= 15 is 0 Å². The van der Waals surface area contributed by atoms with Crippen molar-refractivity contribution < 1.29 is 0 Å². The van der Waals surface area contributed by atoms with E-state index in [4.69, 9.17) is 0 Å². The van der Waals surface area contributed by atoms with Gasteiger partial charge in [0.25, 0.3) is 0 Å². The van der Waals surface area contributed by atoms with Crippen LogP contribution in [0.1, 0.15) is 5.69 Å². The molecule has 4 nitrogen and oxygen atoms in total. The molecule has 78 valence electrons. The maximum Gasteiger partial charge on any atom is 0.128 e. The van der Waals surface area contributed by atoms with E-state index in [1.54, 1.807) is 0 Å². The van der Waals surface area contributed by atoms with Gasteiger partial charge in [-0.05, 0) is 22.0 Å². The molecule has 0 bridgehead atoms. The molecule has 1 N–H and O–H groups in total. The van der Waals surface area contributed by atoms with E-state index in [1.807, 2.05) is 11.7 Å². The largest absolute Gasteiger partial charge is 0.314 e. The number of hydrogen-bond donors (Lipinski definition) is 1. The smallest absolute Gasteiger partial charge is 0.128 e. The number of aryl methyl sites for hydroxylation is 1. The summed E-state index contributed by atoms with van der Waals surface area (Å²) in [7, 11) is 1.99. The van der Waals surface area contributed by atoms with Crippen LogP contribution in [0.2, 0.25) is 0 Å². The highest BCUT2D eigenvalue weighted by molar-refractivity contribution is 9.10. The van der Waals surface area contributed by atoms with Gasteiger partial charge in [0.2, 0.25) is 0 Å². The molecule has 1 aromatic rings. The molecule has 2 rings (SSSR count). The first-order valence-electron chi connectivity index (χ1n) is 4.87. The van der Waals surface area contributed by atoms with Crippen LogP contribution in [0.5, 0.6) is 0 Å². The van der Waals surface area contributed by atoms with Crippen molar-refractivity contribution in [2.45, 2.75) is 6.54 Å². The molecule has 0 atom stereocenters. The number of rotatable bonds is 2. The van der Waals surface area contributed by atoms with Gasteiger partial charge in [-0.2, -0.15) is 5.10 Å². The molecule has 0 radical (unpaired) electrons. The van der Waals surface area contributed by atoms with Crippen molar-refractivity contribution in [3.05, 3.63) is 16.4 Å². The lowest BCUT2D eigenvalue weighted by Crippen LogP contribution is -2.43. The van der Waals surface area contributed by atoms with Crippen LogP contribution in [0.3, 0.4) is 0 Å². The van der Waals surface area contributed by atoms with E-state index in [2.05, 4.69) is 37.3 Å². The van der Waals surface area contributed by atoms with Crippen LogP contribution in [0.4, 0.5) is 0 Å². The fourth-order valence-corrected chi connectivity index (χ4v) is 2.22. The van der Waals surface area contributed by atoms with E-state index in [-0.39, 0.29) is 0 Å². The lowest BCUT2D eigenvalue weighted by atomic mass is 10.3. The quantitative estimate of drug-likeness (QED) is 0.843. The molecule has 1 aliphatic rings. The summed E-state index contributed by atoms with van der Waals surface area (Å²) in [5, 5.41) is 7.61. The number of nitrogens with zero attached hydrogens (tertiary/aromatic N) is 3. The minimum Gasteiger partial charge on any atom is -0.314 e. The predicted molar refractivity (Wildman–Crippen MR) is 59.1 cm³/mol. The Hall–Kier alpha value is -0.390. The Kier molecular flexibility index (Phi) is 3.20. The van der Waals surface area contributed by atoms with Crippen molar-refractivity contribution in [2.75, 3.05) is 26.2 Å². The molecule has 1 aromatic heterocycles. The fourth-order valence-electron chi connectivity index (χ4n) is 1.71. The maximum absolute atomic E-state index is 4.27. The maximum atomic E-state index is 4.27. The average molecular weight is 259 g/mol. The molecule has 0 aliphatic carbocycles. The molecule has 0 saturated carbocycles. The third kappa shape index (κ3) is 2.34. The van der Waals surface area contributed by atoms with E-state index in [1.165, 1.54) is 5.69 Å². The second-order valence-electron chi connectivity index (χ2n) is 3.61. The topological polar surface area (TPSA) is 33.1 Å². The van der Waals surface area contributed by atoms with Crippen molar-refractivity contribution in [1.82, 2.24) is 20.0 Å². The van der Waals surface area contributed by atoms with Gasteiger partial charge in [0.1, 0.15) is 4.60 Å². The van der Waals surface area contributed by atoms with E-state index in [0.29, 0.717) is 0 Å². The zero-order chi connectivity index (χ0) is 9.97. The van der Waals surface area contributed by atoms with E-state index in [9.17, 15) is 0 Å². The predicted octanol–water partition coefficient (Wildman–Crippen LogP) is 0.588. The summed E-state index contributed by atoms with van der Waals surface area (Å²) < 4.78 is 2.86. The van der Waals surface area contributed by atoms with Crippen molar-refractivity contribution in [2.24, 2.45) is 7.05 Å². The number of aromatic nitrogens is 2. The third-order valence-corrected chi connectivity index (χ3v) is 2.93. The van der Waals surface area contributed by atoms with Crippen LogP contribution in [-0.4, -0.2) is 40.9 Å². The van der Waals surface area contributed by atoms with Crippen LogP contribution in [0, 0.1) is 0 Å². The number of piperazine rings is 1. The van der Waals surface area contributed by atoms with Crippen LogP contribution in [0.15, 0.2) is 10.7 Å². The lowest BCUT2D eigenvalue weighted by Gasteiger charge is -2.26. The zero-order valence-corrected chi connectivity index (χ0v) is 9.92. The van der Waals surface area contributed by atoms with Crippen molar-refractivity contribution in [3.8, 4) is 0 Å². The van der Waals surface area contributed by atoms with Gasteiger partial charge in [-0.15, -0.1) is 0 Å². The van der Waals surface area contributed by atoms with Gasteiger partial charge in [-0.1, -0.05) is 0 Å². The lowest BCUT2D eigenvalue weighted by molar-refractivity contribution is 0.228. The Bertz CT molecular complexity index is 304. The van der Waals surface area contributed by atoms with Gasteiger partial charge in [0.15, 0.2) is 0 Å². The zero-order valence-electron chi connectivity index (χ0n) is 8.33. The summed E-state index contributed by atoms with van der Waals surface area (Å²) in [6, 6.07) is 2.09.